The molecule has 0 aliphatic heterocycles. The van der Waals surface area contributed by atoms with Gasteiger partial charge in [-0.05, 0) is 0 Å². The molecule has 0 bridgehead atoms. The molecular weight excluding hydrogens is 335 g/mol. The van der Waals surface area contributed by atoms with Gasteiger partial charge in [-0.15, -0.1) is 12.8 Å². The Morgan fingerprint density at radius 1 is 1.00 bits per heavy atom. The molecule has 1 heteroatoms. The van der Waals surface area contributed by atoms with E-state index < -0.39 is 0 Å². The molecule has 0 amide bonds. The van der Waals surface area contributed by atoms with Gasteiger partial charge in [-0.3, -0.25) is 12.2 Å². The van der Waals surface area contributed by atoms with Crippen LogP contribution >= 0.6 is 0 Å². The summed E-state index contributed by atoms with van der Waals surface area (Å²) in [5, 5.41) is 0. The van der Waals surface area contributed by atoms with Gasteiger partial charge in [0.05, 0.1) is 0 Å². The summed E-state index contributed by atoms with van der Waals surface area (Å²) in [6.07, 6.45) is 16.7. The first-order valence-corrected chi connectivity index (χ1v) is 7.16. The first kappa shape index (κ1) is 13.7. The minimum atomic E-state index is 1.02. The summed E-state index contributed by atoms with van der Waals surface area (Å²) >= 11 is 1.06. The van der Waals surface area contributed by atoms with Gasteiger partial charge < -0.3 is 0 Å². The molecule has 0 saturated carbocycles. The molecule has 0 aromatic rings. The predicted octanol–water partition coefficient (Wildman–Crippen LogP) is 3.36. The summed E-state index contributed by atoms with van der Waals surface area (Å²) in [7, 11) is 0. The monoisotopic (exact) mass is 352 g/mol. The number of rotatable bonds is 0. The Kier molecular flexibility index (Phi) is 9.06. The van der Waals surface area contributed by atoms with Crippen LogP contribution in [0.15, 0.2) is 35.5 Å². The molecule has 0 unspecified atom stereocenters. The molecule has 0 nitrogen and oxygen atoms in total. The molecule has 0 atom stereocenters. The average molecular weight is 351 g/mol. The van der Waals surface area contributed by atoms with Crippen molar-refractivity contribution in [3.05, 3.63) is 47.6 Å². The van der Waals surface area contributed by atoms with Gasteiger partial charge in [0.1, 0.15) is 0 Å². The minimum absolute atomic E-state index is 1.02. The third-order valence-electron chi connectivity index (χ3n) is 1.73. The van der Waals surface area contributed by atoms with Crippen molar-refractivity contribution in [2.45, 2.75) is 26.7 Å². The molecule has 0 aromatic heterocycles. The third-order valence-corrected chi connectivity index (χ3v) is 1.73. The predicted molar refractivity (Wildman–Crippen MR) is 59.5 cm³/mol. The van der Waals surface area contributed by atoms with Crippen LogP contribution in [0.4, 0.5) is 0 Å². The van der Waals surface area contributed by atoms with Crippen LogP contribution in [0.3, 0.4) is 0 Å². The van der Waals surface area contributed by atoms with Crippen molar-refractivity contribution in [3.8, 4) is 0 Å². The van der Waals surface area contributed by atoms with Gasteiger partial charge in [0.2, 0.25) is 0 Å². The molecule has 0 radical (unpaired) electrons. The number of hydrogen-bond donors (Lipinski definition) is 0. The summed E-state index contributed by atoms with van der Waals surface area (Å²) in [6, 6.07) is 0. The molecule has 2 aliphatic rings. The zero-order valence-electron chi connectivity index (χ0n) is 8.93. The maximum absolute atomic E-state index is 3.39. The Labute approximate surface area is 102 Å². The fourth-order valence-electron chi connectivity index (χ4n) is 1.03. The van der Waals surface area contributed by atoms with E-state index in [2.05, 4.69) is 54.6 Å². The van der Waals surface area contributed by atoms with Crippen molar-refractivity contribution in [2.75, 3.05) is 0 Å². The molecule has 0 spiro atoms. The van der Waals surface area contributed by atoms with E-state index in [-0.39, 0.29) is 0 Å². The molecule has 0 aromatic carbocycles. The van der Waals surface area contributed by atoms with Crippen LogP contribution in [-0.2, 0) is 23.9 Å². The van der Waals surface area contributed by atoms with E-state index in [9.17, 15) is 0 Å². The van der Waals surface area contributed by atoms with E-state index in [0.29, 0.717) is 0 Å². The van der Waals surface area contributed by atoms with E-state index in [1.165, 1.54) is 11.1 Å². The Hall–Kier alpha value is -0.300. The summed E-state index contributed by atoms with van der Waals surface area (Å²) in [5.74, 6) is 0. The number of hydrogen-bond acceptors (Lipinski definition) is 0. The zero-order chi connectivity index (χ0) is 10.8. The fourth-order valence-corrected chi connectivity index (χ4v) is 1.03. The van der Waals surface area contributed by atoms with Gasteiger partial charge >= 0.3 is 28.2 Å². The maximum atomic E-state index is 3.39. The SMILES string of the molecule is CC1=[C-]CC=C1.CC1=[C-]CC=C1.[CH2]=[Hf+2]. The fraction of sp³-hybridized carbons (Fsp3) is 0.308. The van der Waals surface area contributed by atoms with Crippen LogP contribution in [0.1, 0.15) is 26.7 Å². The third kappa shape index (κ3) is 7.14. The van der Waals surface area contributed by atoms with Gasteiger partial charge in [0.15, 0.2) is 0 Å². The molecule has 0 N–H and O–H groups in total. The molecule has 14 heavy (non-hydrogen) atoms. The Bertz CT molecular complexity index is 233. The second-order valence-corrected chi connectivity index (χ2v) is 2.93. The van der Waals surface area contributed by atoms with Crippen molar-refractivity contribution in [2.24, 2.45) is 0 Å². The van der Waals surface area contributed by atoms with Crippen molar-refractivity contribution in [3.63, 3.8) is 0 Å². The molecule has 72 valence electrons. The zero-order valence-corrected chi connectivity index (χ0v) is 12.5. The van der Waals surface area contributed by atoms with Gasteiger partial charge in [0.25, 0.3) is 0 Å². The summed E-state index contributed by atoms with van der Waals surface area (Å²) < 4.78 is 3.39. The Morgan fingerprint density at radius 2 is 1.36 bits per heavy atom. The molecule has 2 aliphatic carbocycles. The van der Waals surface area contributed by atoms with E-state index in [0.717, 1.165) is 36.7 Å². The van der Waals surface area contributed by atoms with Gasteiger partial charge in [-0.1, -0.05) is 13.8 Å². The van der Waals surface area contributed by atoms with Crippen molar-refractivity contribution in [1.29, 1.82) is 0 Å². The van der Waals surface area contributed by atoms with Gasteiger partial charge in [0, 0.05) is 0 Å². The molecule has 0 heterocycles. The normalized spacial score (nSPS) is 16.3. The van der Waals surface area contributed by atoms with E-state index in [1.54, 1.807) is 0 Å². The first-order chi connectivity index (χ1) is 6.79. The number of allylic oxidation sites excluding steroid dienone is 8. The average Bonchev–Trinajstić information content (AvgIpc) is 2.83. The van der Waals surface area contributed by atoms with Crippen LogP contribution in [0.2, 0.25) is 0 Å². The molecular formula is C13H16Hf. The standard InChI is InChI=1S/2C6H7.CH2.Hf/c2*1-6-4-2-3-5-6;;/h2*2,4H,3H2,1H3;1H2;/q2*-1;;+2. The van der Waals surface area contributed by atoms with E-state index >= 15 is 0 Å². The van der Waals surface area contributed by atoms with Crippen LogP contribution < -0.4 is 0 Å². The summed E-state index contributed by atoms with van der Waals surface area (Å²) in [5.41, 5.74) is 2.55. The Morgan fingerprint density at radius 3 is 1.43 bits per heavy atom. The van der Waals surface area contributed by atoms with Crippen LogP contribution in [-0.4, -0.2) is 4.26 Å². The van der Waals surface area contributed by atoms with Crippen LogP contribution in [0.5, 0.6) is 0 Å². The molecule has 0 fully saturated rings. The second kappa shape index (κ2) is 9.26. The summed E-state index contributed by atoms with van der Waals surface area (Å²) in [6.45, 7) is 4.12. The van der Waals surface area contributed by atoms with Crippen molar-refractivity contribution in [1.82, 2.24) is 0 Å². The summed E-state index contributed by atoms with van der Waals surface area (Å²) in [4.78, 5) is 0. The van der Waals surface area contributed by atoms with E-state index in [1.807, 2.05) is 0 Å². The molecule has 0 saturated heterocycles. The van der Waals surface area contributed by atoms with Crippen molar-refractivity contribution >= 4 is 4.26 Å². The van der Waals surface area contributed by atoms with Crippen molar-refractivity contribution < 1.29 is 23.9 Å². The van der Waals surface area contributed by atoms with Crippen LogP contribution in [0, 0.1) is 12.2 Å². The first-order valence-electron chi connectivity index (χ1n) is 4.62. The van der Waals surface area contributed by atoms with Gasteiger partial charge in [-0.25, -0.2) is 23.3 Å². The van der Waals surface area contributed by atoms with Gasteiger partial charge in [-0.2, -0.15) is 12.2 Å². The topological polar surface area (TPSA) is 0 Å². The van der Waals surface area contributed by atoms with Crippen LogP contribution in [0.25, 0.3) is 0 Å². The quantitative estimate of drug-likeness (QED) is 0.464. The second-order valence-electron chi connectivity index (χ2n) is 2.93. The molecule has 2 rings (SSSR count). The Balaban J connectivity index is 0.000000206. The van der Waals surface area contributed by atoms with E-state index in [4.69, 9.17) is 0 Å².